The topological polar surface area (TPSA) is 114 Å². The van der Waals surface area contributed by atoms with Crippen molar-refractivity contribution in [3.05, 3.63) is 50.6 Å². The third kappa shape index (κ3) is 10.4. The molecule has 0 fully saturated rings. The van der Waals surface area contributed by atoms with Crippen molar-refractivity contribution in [1.82, 2.24) is 0 Å². The van der Waals surface area contributed by atoms with Gasteiger partial charge in [0.05, 0.1) is 13.2 Å². The third-order valence-electron chi connectivity index (χ3n) is 2.78. The SMILES string of the molecule is C=CC(=O)OCCOCC(COC(=O)C=C)(COC(=O)C=C)OC(=O)C=C. The molecule has 0 aliphatic carbocycles. The summed E-state index contributed by atoms with van der Waals surface area (Å²) in [5, 5.41) is 0. The van der Waals surface area contributed by atoms with E-state index < -0.39 is 42.7 Å². The molecule has 0 N–H and O–H groups in total. The standard InChI is InChI=1S/C18H22O9/c1-5-14(19)24-10-9-23-11-18(27-17(22)8-4,12-25-15(20)6-2)13-26-16(21)7-3/h5-8H,1-4,9-13H2. The van der Waals surface area contributed by atoms with Crippen LogP contribution in [0.4, 0.5) is 0 Å². The number of esters is 4. The summed E-state index contributed by atoms with van der Waals surface area (Å²) in [6.45, 7) is 11.5. The predicted octanol–water partition coefficient (Wildman–Crippen LogP) is 0.659. The molecule has 0 unspecified atom stereocenters. The molecule has 0 aromatic heterocycles. The van der Waals surface area contributed by atoms with Crippen LogP contribution in [0.5, 0.6) is 0 Å². The molecule has 0 saturated carbocycles. The van der Waals surface area contributed by atoms with E-state index >= 15 is 0 Å². The van der Waals surface area contributed by atoms with Crippen molar-refractivity contribution < 1.29 is 42.9 Å². The fourth-order valence-electron chi connectivity index (χ4n) is 1.51. The lowest BCUT2D eigenvalue weighted by Crippen LogP contribution is -2.49. The molecule has 0 aromatic carbocycles. The first kappa shape index (κ1) is 23.8. The van der Waals surface area contributed by atoms with Crippen LogP contribution in [0.1, 0.15) is 0 Å². The lowest BCUT2D eigenvalue weighted by Gasteiger charge is -2.31. The minimum atomic E-state index is -1.66. The van der Waals surface area contributed by atoms with Crippen LogP contribution in [-0.2, 0) is 42.9 Å². The molecule has 0 aliphatic rings. The molecule has 0 rings (SSSR count). The Hall–Kier alpha value is -3.20. The summed E-state index contributed by atoms with van der Waals surface area (Å²) in [4.78, 5) is 45.4. The Morgan fingerprint density at radius 1 is 0.630 bits per heavy atom. The average Bonchev–Trinajstić information content (AvgIpc) is 2.69. The van der Waals surface area contributed by atoms with Gasteiger partial charge in [0.25, 0.3) is 0 Å². The van der Waals surface area contributed by atoms with E-state index in [9.17, 15) is 19.2 Å². The molecule has 0 aromatic rings. The molecule has 9 heteroatoms. The van der Waals surface area contributed by atoms with Crippen LogP contribution >= 0.6 is 0 Å². The van der Waals surface area contributed by atoms with Gasteiger partial charge in [0, 0.05) is 24.3 Å². The molecule has 0 aliphatic heterocycles. The van der Waals surface area contributed by atoms with Crippen LogP contribution in [0.2, 0.25) is 0 Å². The molecule has 0 heterocycles. The maximum Gasteiger partial charge on any atom is 0.331 e. The van der Waals surface area contributed by atoms with Crippen molar-refractivity contribution in [3.8, 4) is 0 Å². The second-order valence-electron chi connectivity index (χ2n) is 4.86. The second-order valence-corrected chi connectivity index (χ2v) is 4.86. The van der Waals surface area contributed by atoms with Gasteiger partial charge in [-0.25, -0.2) is 19.2 Å². The van der Waals surface area contributed by atoms with E-state index in [4.69, 9.17) is 23.7 Å². The Bertz CT molecular complexity index is 568. The smallest absolute Gasteiger partial charge is 0.331 e. The van der Waals surface area contributed by atoms with E-state index in [-0.39, 0.29) is 19.8 Å². The Morgan fingerprint density at radius 2 is 1.07 bits per heavy atom. The van der Waals surface area contributed by atoms with Crippen LogP contribution in [0.25, 0.3) is 0 Å². The zero-order chi connectivity index (χ0) is 20.7. The number of ether oxygens (including phenoxy) is 5. The van der Waals surface area contributed by atoms with E-state index in [0.29, 0.717) is 0 Å². The van der Waals surface area contributed by atoms with Gasteiger partial charge >= 0.3 is 23.9 Å². The molecular weight excluding hydrogens is 360 g/mol. The highest BCUT2D eigenvalue weighted by Crippen LogP contribution is 2.16. The molecule has 27 heavy (non-hydrogen) atoms. The number of carbonyl (C=O) groups excluding carboxylic acids is 4. The summed E-state index contributed by atoms with van der Waals surface area (Å²) in [5.41, 5.74) is -1.66. The van der Waals surface area contributed by atoms with Gasteiger partial charge in [-0.1, -0.05) is 26.3 Å². The van der Waals surface area contributed by atoms with Crippen molar-refractivity contribution in [3.63, 3.8) is 0 Å². The summed E-state index contributed by atoms with van der Waals surface area (Å²) in [6.07, 6.45) is 3.68. The average molecular weight is 382 g/mol. The van der Waals surface area contributed by atoms with Crippen LogP contribution < -0.4 is 0 Å². The van der Waals surface area contributed by atoms with Gasteiger partial charge in [-0.15, -0.1) is 0 Å². The summed E-state index contributed by atoms with van der Waals surface area (Å²) in [6, 6.07) is 0. The van der Waals surface area contributed by atoms with Gasteiger partial charge in [0.2, 0.25) is 5.60 Å². The Labute approximate surface area is 156 Å². The molecular formula is C18H22O9. The Morgan fingerprint density at radius 3 is 1.52 bits per heavy atom. The first-order chi connectivity index (χ1) is 12.8. The normalized spacial score (nSPS) is 10.1. The van der Waals surface area contributed by atoms with Crippen molar-refractivity contribution in [2.24, 2.45) is 0 Å². The van der Waals surface area contributed by atoms with Crippen LogP contribution in [0.15, 0.2) is 50.6 Å². The van der Waals surface area contributed by atoms with Gasteiger partial charge in [-0.2, -0.15) is 0 Å². The molecule has 0 radical (unpaired) electrons. The lowest BCUT2D eigenvalue weighted by molar-refractivity contribution is -0.188. The van der Waals surface area contributed by atoms with E-state index in [0.717, 1.165) is 24.3 Å². The summed E-state index contributed by atoms with van der Waals surface area (Å²) < 4.78 is 25.1. The Kier molecular flexibility index (Phi) is 11.5. The first-order valence-corrected chi connectivity index (χ1v) is 7.63. The van der Waals surface area contributed by atoms with Gasteiger partial charge in [0.15, 0.2) is 0 Å². The van der Waals surface area contributed by atoms with Gasteiger partial charge in [-0.3, -0.25) is 0 Å². The molecule has 0 atom stereocenters. The highest BCUT2D eigenvalue weighted by atomic mass is 16.6. The maximum absolute atomic E-state index is 11.7. The number of hydrogen-bond acceptors (Lipinski definition) is 9. The van der Waals surface area contributed by atoms with Gasteiger partial charge < -0.3 is 23.7 Å². The van der Waals surface area contributed by atoms with Crippen molar-refractivity contribution in [1.29, 1.82) is 0 Å². The number of carbonyl (C=O) groups is 4. The van der Waals surface area contributed by atoms with Gasteiger partial charge in [0.1, 0.15) is 19.8 Å². The van der Waals surface area contributed by atoms with Crippen molar-refractivity contribution in [2.75, 3.05) is 33.0 Å². The number of rotatable bonds is 14. The highest BCUT2D eigenvalue weighted by Gasteiger charge is 2.38. The fourth-order valence-corrected chi connectivity index (χ4v) is 1.51. The maximum atomic E-state index is 11.7. The third-order valence-corrected chi connectivity index (χ3v) is 2.78. The van der Waals surface area contributed by atoms with E-state index in [1.54, 1.807) is 0 Å². The molecule has 9 nitrogen and oxygen atoms in total. The highest BCUT2D eigenvalue weighted by molar-refractivity contribution is 5.83. The van der Waals surface area contributed by atoms with Crippen LogP contribution in [0.3, 0.4) is 0 Å². The lowest BCUT2D eigenvalue weighted by atomic mass is 10.1. The van der Waals surface area contributed by atoms with Gasteiger partial charge in [-0.05, 0) is 0 Å². The van der Waals surface area contributed by atoms with Crippen LogP contribution in [-0.4, -0.2) is 62.5 Å². The van der Waals surface area contributed by atoms with E-state index in [1.807, 2.05) is 0 Å². The van der Waals surface area contributed by atoms with Crippen LogP contribution in [0, 0.1) is 0 Å². The summed E-state index contributed by atoms with van der Waals surface area (Å²) in [5.74, 6) is -3.07. The predicted molar refractivity (Wildman–Crippen MR) is 93.3 cm³/mol. The monoisotopic (exact) mass is 382 g/mol. The van der Waals surface area contributed by atoms with E-state index in [2.05, 4.69) is 26.3 Å². The zero-order valence-electron chi connectivity index (χ0n) is 14.8. The fraction of sp³-hybridized carbons (Fsp3) is 0.333. The first-order valence-electron chi connectivity index (χ1n) is 7.63. The van der Waals surface area contributed by atoms with E-state index in [1.165, 1.54) is 0 Å². The number of hydrogen-bond donors (Lipinski definition) is 0. The molecule has 0 amide bonds. The summed E-state index contributed by atoms with van der Waals surface area (Å²) >= 11 is 0. The molecule has 148 valence electrons. The minimum absolute atomic E-state index is 0.0716. The van der Waals surface area contributed by atoms with Crippen molar-refractivity contribution in [2.45, 2.75) is 5.60 Å². The molecule has 0 spiro atoms. The molecule has 0 saturated heterocycles. The minimum Gasteiger partial charge on any atom is -0.460 e. The molecule has 0 bridgehead atoms. The quantitative estimate of drug-likeness (QED) is 0.185. The summed E-state index contributed by atoms with van der Waals surface area (Å²) in [7, 11) is 0. The Balaban J connectivity index is 5.13. The van der Waals surface area contributed by atoms with Crippen molar-refractivity contribution >= 4 is 23.9 Å². The second kappa shape index (κ2) is 13.1. The zero-order valence-corrected chi connectivity index (χ0v) is 14.8. The largest absolute Gasteiger partial charge is 0.460 e.